The molecule has 0 aromatic rings. The third kappa shape index (κ3) is 2.83. The highest BCUT2D eigenvalue weighted by atomic mass is 16.6. The smallest absolute Gasteiger partial charge is 0.306 e. The fraction of sp³-hybridized carbons (Fsp3) is 0.846. The normalized spacial score (nSPS) is 21.1. The molecule has 1 aliphatic carbocycles. The monoisotopic (exact) mass is 226 g/mol. The number of ether oxygens (including phenoxy) is 1. The van der Waals surface area contributed by atoms with Crippen molar-refractivity contribution in [1.82, 2.24) is 0 Å². The standard InChI is InChI=1S/C13H22O3/c1-3-12(15)16-13(4-2,10-14)11-8-6-5-7-9-11/h10-11H,3-9H2,1-2H3. The van der Waals surface area contributed by atoms with Gasteiger partial charge in [0.2, 0.25) is 0 Å². The van der Waals surface area contributed by atoms with Crippen LogP contribution in [0, 0.1) is 5.92 Å². The molecule has 0 spiro atoms. The third-order valence-corrected chi connectivity index (χ3v) is 3.64. The Labute approximate surface area is 97.5 Å². The van der Waals surface area contributed by atoms with E-state index in [4.69, 9.17) is 4.74 Å². The van der Waals surface area contributed by atoms with E-state index in [1.54, 1.807) is 6.92 Å². The SMILES string of the molecule is CCC(=O)OC(C=O)(CC)C1CCCCC1. The van der Waals surface area contributed by atoms with Crippen molar-refractivity contribution in [2.45, 2.75) is 64.4 Å². The summed E-state index contributed by atoms with van der Waals surface area (Å²) in [5.41, 5.74) is -0.854. The molecule has 0 heterocycles. The summed E-state index contributed by atoms with van der Waals surface area (Å²) in [6.07, 6.45) is 7.31. The molecule has 0 amide bonds. The summed E-state index contributed by atoms with van der Waals surface area (Å²) < 4.78 is 5.42. The summed E-state index contributed by atoms with van der Waals surface area (Å²) in [6.45, 7) is 3.68. The molecule has 0 aliphatic heterocycles. The Bertz CT molecular complexity index is 244. The van der Waals surface area contributed by atoms with Gasteiger partial charge in [-0.3, -0.25) is 9.59 Å². The van der Waals surface area contributed by atoms with Crippen LogP contribution in [0.3, 0.4) is 0 Å². The van der Waals surface area contributed by atoms with Gasteiger partial charge in [-0.15, -0.1) is 0 Å². The van der Waals surface area contributed by atoms with Gasteiger partial charge in [0.15, 0.2) is 11.9 Å². The Morgan fingerprint density at radius 1 is 1.31 bits per heavy atom. The van der Waals surface area contributed by atoms with E-state index < -0.39 is 5.60 Å². The molecule has 1 unspecified atom stereocenters. The second-order valence-corrected chi connectivity index (χ2v) is 4.59. The Balaban J connectivity index is 2.76. The molecule has 1 saturated carbocycles. The molecule has 0 N–H and O–H groups in total. The molecule has 1 fully saturated rings. The predicted octanol–water partition coefficient (Wildman–Crippen LogP) is 2.87. The minimum Gasteiger partial charge on any atom is -0.451 e. The Morgan fingerprint density at radius 3 is 2.38 bits per heavy atom. The molecular weight excluding hydrogens is 204 g/mol. The lowest BCUT2D eigenvalue weighted by molar-refractivity contribution is -0.170. The molecule has 3 nitrogen and oxygen atoms in total. The Kier molecular flexibility index (Phi) is 4.97. The van der Waals surface area contributed by atoms with E-state index in [1.165, 1.54) is 6.42 Å². The summed E-state index contributed by atoms with van der Waals surface area (Å²) in [6, 6.07) is 0. The number of aldehydes is 1. The van der Waals surface area contributed by atoms with Crippen LogP contribution in [0.2, 0.25) is 0 Å². The summed E-state index contributed by atoms with van der Waals surface area (Å²) in [7, 11) is 0. The summed E-state index contributed by atoms with van der Waals surface area (Å²) >= 11 is 0. The largest absolute Gasteiger partial charge is 0.451 e. The van der Waals surface area contributed by atoms with Crippen molar-refractivity contribution in [3.63, 3.8) is 0 Å². The van der Waals surface area contributed by atoms with Crippen molar-refractivity contribution in [3.8, 4) is 0 Å². The molecule has 1 atom stereocenters. The van der Waals surface area contributed by atoms with Crippen LogP contribution in [0.15, 0.2) is 0 Å². The molecule has 0 saturated heterocycles. The van der Waals surface area contributed by atoms with Gasteiger partial charge >= 0.3 is 5.97 Å². The number of carbonyl (C=O) groups is 2. The van der Waals surface area contributed by atoms with Crippen molar-refractivity contribution >= 4 is 12.3 Å². The molecular formula is C13H22O3. The van der Waals surface area contributed by atoms with Crippen molar-refractivity contribution < 1.29 is 14.3 Å². The molecule has 0 bridgehead atoms. The first-order valence-corrected chi connectivity index (χ1v) is 6.36. The van der Waals surface area contributed by atoms with Gasteiger partial charge < -0.3 is 4.74 Å². The van der Waals surface area contributed by atoms with Gasteiger partial charge in [0.05, 0.1) is 0 Å². The van der Waals surface area contributed by atoms with Crippen LogP contribution in [-0.2, 0) is 14.3 Å². The second kappa shape index (κ2) is 6.02. The molecule has 16 heavy (non-hydrogen) atoms. The zero-order chi connectivity index (χ0) is 12.0. The predicted molar refractivity (Wildman–Crippen MR) is 62.0 cm³/mol. The fourth-order valence-corrected chi connectivity index (χ4v) is 2.52. The van der Waals surface area contributed by atoms with Crippen LogP contribution in [-0.4, -0.2) is 17.9 Å². The first-order valence-electron chi connectivity index (χ1n) is 6.36. The lowest BCUT2D eigenvalue weighted by Crippen LogP contribution is -2.44. The maximum atomic E-state index is 11.4. The molecule has 0 aromatic heterocycles. The molecule has 92 valence electrons. The minimum absolute atomic E-state index is 0.222. The molecule has 0 aromatic carbocycles. The van der Waals surface area contributed by atoms with Gasteiger partial charge in [0.1, 0.15) is 0 Å². The highest BCUT2D eigenvalue weighted by Crippen LogP contribution is 2.36. The van der Waals surface area contributed by atoms with Crippen LogP contribution >= 0.6 is 0 Å². The number of hydrogen-bond donors (Lipinski definition) is 0. The van der Waals surface area contributed by atoms with Crippen LogP contribution in [0.4, 0.5) is 0 Å². The molecule has 3 heteroatoms. The van der Waals surface area contributed by atoms with E-state index >= 15 is 0 Å². The van der Waals surface area contributed by atoms with E-state index in [9.17, 15) is 9.59 Å². The third-order valence-electron chi connectivity index (χ3n) is 3.64. The van der Waals surface area contributed by atoms with Gasteiger partial charge in [-0.05, 0) is 19.3 Å². The Morgan fingerprint density at radius 2 is 1.94 bits per heavy atom. The van der Waals surface area contributed by atoms with Gasteiger partial charge in [0, 0.05) is 12.3 Å². The zero-order valence-corrected chi connectivity index (χ0v) is 10.3. The lowest BCUT2D eigenvalue weighted by atomic mass is 9.76. The van der Waals surface area contributed by atoms with Gasteiger partial charge in [-0.25, -0.2) is 0 Å². The first kappa shape index (κ1) is 13.2. The summed E-state index contributed by atoms with van der Waals surface area (Å²) in [4.78, 5) is 22.7. The van der Waals surface area contributed by atoms with Crippen molar-refractivity contribution in [3.05, 3.63) is 0 Å². The fourth-order valence-electron chi connectivity index (χ4n) is 2.52. The van der Waals surface area contributed by atoms with Gasteiger partial charge in [-0.2, -0.15) is 0 Å². The molecule has 0 radical (unpaired) electrons. The maximum Gasteiger partial charge on any atom is 0.306 e. The van der Waals surface area contributed by atoms with E-state index in [0.29, 0.717) is 12.8 Å². The van der Waals surface area contributed by atoms with Crippen LogP contribution in [0.25, 0.3) is 0 Å². The summed E-state index contributed by atoms with van der Waals surface area (Å²) in [5.74, 6) is -0.0428. The number of carbonyl (C=O) groups excluding carboxylic acids is 2. The van der Waals surface area contributed by atoms with Crippen LogP contribution in [0.5, 0.6) is 0 Å². The van der Waals surface area contributed by atoms with Crippen LogP contribution in [0.1, 0.15) is 58.8 Å². The topological polar surface area (TPSA) is 43.4 Å². The highest BCUT2D eigenvalue weighted by Gasteiger charge is 2.40. The second-order valence-electron chi connectivity index (χ2n) is 4.59. The Hall–Kier alpha value is -0.860. The van der Waals surface area contributed by atoms with E-state index in [-0.39, 0.29) is 11.9 Å². The number of hydrogen-bond acceptors (Lipinski definition) is 3. The average Bonchev–Trinajstić information content (AvgIpc) is 2.37. The van der Waals surface area contributed by atoms with E-state index in [1.807, 2.05) is 6.92 Å². The van der Waals surface area contributed by atoms with Gasteiger partial charge in [-0.1, -0.05) is 33.1 Å². The van der Waals surface area contributed by atoms with Crippen LogP contribution < -0.4 is 0 Å². The van der Waals surface area contributed by atoms with Crippen molar-refractivity contribution in [2.75, 3.05) is 0 Å². The minimum atomic E-state index is -0.854. The van der Waals surface area contributed by atoms with E-state index in [0.717, 1.165) is 32.0 Å². The molecule has 1 aliphatic rings. The lowest BCUT2D eigenvalue weighted by Gasteiger charge is -2.37. The van der Waals surface area contributed by atoms with E-state index in [2.05, 4.69) is 0 Å². The molecule has 1 rings (SSSR count). The van der Waals surface area contributed by atoms with Gasteiger partial charge in [0.25, 0.3) is 0 Å². The van der Waals surface area contributed by atoms with Crippen molar-refractivity contribution in [2.24, 2.45) is 5.92 Å². The zero-order valence-electron chi connectivity index (χ0n) is 10.3. The number of esters is 1. The maximum absolute atomic E-state index is 11.4. The number of rotatable bonds is 5. The quantitative estimate of drug-likeness (QED) is 0.535. The first-order chi connectivity index (χ1) is 7.68. The summed E-state index contributed by atoms with van der Waals surface area (Å²) in [5, 5.41) is 0. The van der Waals surface area contributed by atoms with Crippen molar-refractivity contribution in [1.29, 1.82) is 0 Å². The average molecular weight is 226 g/mol. The highest BCUT2D eigenvalue weighted by molar-refractivity contribution is 5.74.